The van der Waals surface area contributed by atoms with Crippen LogP contribution in [0.15, 0.2) is 29.1 Å². The van der Waals surface area contributed by atoms with Crippen LogP contribution >= 0.6 is 0 Å². The standard InChI is InChI=1S/C34H42N4O7/c1-4-22-23-17-21(45-33(44)37-15-11-20(12-16-37)36-13-7-6-8-14-36)9-10-26(23)35-29-27-18-25(34(3,5-2)32(42)43)24(19-39)30(40)38(27)31(41)28(22)29/h9-10,17-18,20,31,39,41H,4-8,11-16,19H2,1-3H3,(H,42,43)/t31?,34-/m1/s1. The Morgan fingerprint density at radius 2 is 1.76 bits per heavy atom. The molecule has 45 heavy (non-hydrogen) atoms. The Morgan fingerprint density at radius 1 is 1.04 bits per heavy atom. The summed E-state index contributed by atoms with van der Waals surface area (Å²) in [7, 11) is 0. The molecule has 0 bridgehead atoms. The smallest absolute Gasteiger partial charge is 0.415 e. The van der Waals surface area contributed by atoms with Crippen LogP contribution in [0.3, 0.4) is 0 Å². The molecule has 0 saturated carbocycles. The first-order chi connectivity index (χ1) is 21.6. The lowest BCUT2D eigenvalue weighted by atomic mass is 9.78. The molecule has 11 heteroatoms. The zero-order valence-corrected chi connectivity index (χ0v) is 26.2. The van der Waals surface area contributed by atoms with Crippen molar-refractivity contribution in [1.29, 1.82) is 0 Å². The zero-order valence-electron chi connectivity index (χ0n) is 26.2. The SMILES string of the molecule is CCc1c2c(nc3ccc(OC(=O)N4CCC(N5CCCCC5)CC4)cc13)-c1cc([C@@](C)(CC)C(=O)O)c(CO)c(=O)n1C2O. The van der Waals surface area contributed by atoms with Gasteiger partial charge in [-0.05, 0) is 93.9 Å². The molecule has 3 aliphatic rings. The van der Waals surface area contributed by atoms with Gasteiger partial charge in [-0.3, -0.25) is 14.2 Å². The molecular weight excluding hydrogens is 576 g/mol. The van der Waals surface area contributed by atoms with Gasteiger partial charge >= 0.3 is 12.1 Å². The second kappa shape index (κ2) is 12.2. The van der Waals surface area contributed by atoms with Crippen molar-refractivity contribution in [3.05, 3.63) is 56.9 Å². The minimum absolute atomic E-state index is 0.0610. The first-order valence-electron chi connectivity index (χ1n) is 16.1. The monoisotopic (exact) mass is 618 g/mol. The highest BCUT2D eigenvalue weighted by atomic mass is 16.6. The predicted molar refractivity (Wildman–Crippen MR) is 168 cm³/mol. The lowest BCUT2D eigenvalue weighted by molar-refractivity contribution is -0.143. The minimum Gasteiger partial charge on any atom is -0.481 e. The van der Waals surface area contributed by atoms with Gasteiger partial charge in [0.25, 0.3) is 5.56 Å². The molecule has 0 spiro atoms. The normalized spacial score (nSPS) is 20.1. The summed E-state index contributed by atoms with van der Waals surface area (Å²) < 4.78 is 7.01. The van der Waals surface area contributed by atoms with Crippen molar-refractivity contribution in [2.75, 3.05) is 26.2 Å². The number of aliphatic hydroxyl groups is 2. The molecule has 3 aromatic rings. The highest BCUT2D eigenvalue weighted by Crippen LogP contribution is 2.43. The van der Waals surface area contributed by atoms with Crippen LogP contribution in [-0.4, -0.2) is 79.0 Å². The number of carboxylic acids is 1. The molecule has 240 valence electrons. The summed E-state index contributed by atoms with van der Waals surface area (Å²) in [4.78, 5) is 48.3. The van der Waals surface area contributed by atoms with Crippen molar-refractivity contribution in [1.82, 2.24) is 19.4 Å². The van der Waals surface area contributed by atoms with E-state index in [0.717, 1.165) is 31.5 Å². The Kier molecular flexibility index (Phi) is 8.45. The maximum absolute atomic E-state index is 13.7. The molecule has 3 aliphatic heterocycles. The van der Waals surface area contributed by atoms with Gasteiger partial charge in [0.1, 0.15) is 5.75 Å². The topological polar surface area (TPSA) is 145 Å². The number of fused-ring (bicyclic) bond motifs is 4. The molecular formula is C34H42N4O7. The number of aliphatic carboxylic acids is 1. The van der Waals surface area contributed by atoms with Crippen molar-refractivity contribution in [2.24, 2.45) is 0 Å². The van der Waals surface area contributed by atoms with E-state index in [4.69, 9.17) is 9.72 Å². The van der Waals surface area contributed by atoms with Crippen LogP contribution in [0.2, 0.25) is 0 Å². The van der Waals surface area contributed by atoms with E-state index in [1.807, 2.05) is 6.92 Å². The lowest BCUT2D eigenvalue weighted by Gasteiger charge is -2.39. The van der Waals surface area contributed by atoms with E-state index in [2.05, 4.69) is 4.90 Å². The second-order valence-corrected chi connectivity index (χ2v) is 12.7. The maximum atomic E-state index is 13.7. The number of carboxylic acid groups (broad SMARTS) is 1. The number of rotatable bonds is 7. The van der Waals surface area contributed by atoms with Gasteiger partial charge in [0.15, 0.2) is 6.23 Å². The van der Waals surface area contributed by atoms with Crippen molar-refractivity contribution >= 4 is 23.0 Å². The van der Waals surface area contributed by atoms with E-state index < -0.39 is 29.8 Å². The molecule has 1 aromatic carbocycles. The van der Waals surface area contributed by atoms with Crippen LogP contribution in [0, 0.1) is 0 Å². The number of hydrogen-bond donors (Lipinski definition) is 3. The average Bonchev–Trinajstić information content (AvgIpc) is 3.34. The summed E-state index contributed by atoms with van der Waals surface area (Å²) in [5, 5.41) is 32.4. The molecule has 2 saturated heterocycles. The summed E-state index contributed by atoms with van der Waals surface area (Å²) >= 11 is 0. The Morgan fingerprint density at radius 3 is 2.38 bits per heavy atom. The molecule has 2 atom stereocenters. The summed E-state index contributed by atoms with van der Waals surface area (Å²) in [5.41, 5.74) is 0.538. The van der Waals surface area contributed by atoms with Crippen molar-refractivity contribution in [3.63, 3.8) is 0 Å². The van der Waals surface area contributed by atoms with Crippen molar-refractivity contribution in [3.8, 4) is 17.1 Å². The molecule has 1 unspecified atom stereocenters. The Labute approximate surface area is 262 Å². The average molecular weight is 619 g/mol. The number of pyridine rings is 2. The third kappa shape index (κ3) is 5.20. The van der Waals surface area contributed by atoms with Crippen LogP contribution in [0.25, 0.3) is 22.3 Å². The van der Waals surface area contributed by atoms with Crippen LogP contribution in [0.4, 0.5) is 4.79 Å². The largest absolute Gasteiger partial charge is 0.481 e. The van der Waals surface area contributed by atoms with Crippen LogP contribution in [0.5, 0.6) is 5.75 Å². The van der Waals surface area contributed by atoms with Crippen LogP contribution < -0.4 is 10.3 Å². The molecule has 3 N–H and O–H groups in total. The lowest BCUT2D eigenvalue weighted by Crippen LogP contribution is -2.48. The summed E-state index contributed by atoms with van der Waals surface area (Å²) in [5.74, 6) is -0.744. The van der Waals surface area contributed by atoms with E-state index in [-0.39, 0.29) is 23.6 Å². The summed E-state index contributed by atoms with van der Waals surface area (Å²) in [6, 6.07) is 7.28. The fourth-order valence-electron chi connectivity index (χ4n) is 7.42. The van der Waals surface area contributed by atoms with Gasteiger partial charge in [0, 0.05) is 35.6 Å². The minimum atomic E-state index is -1.42. The molecule has 6 rings (SSSR count). The van der Waals surface area contributed by atoms with E-state index in [9.17, 15) is 29.7 Å². The number of piperidine rings is 2. The number of benzene rings is 1. The van der Waals surface area contributed by atoms with E-state index in [0.29, 0.717) is 59.2 Å². The molecule has 11 nitrogen and oxygen atoms in total. The zero-order chi connectivity index (χ0) is 32.0. The second-order valence-electron chi connectivity index (χ2n) is 12.7. The third-order valence-corrected chi connectivity index (χ3v) is 10.3. The highest BCUT2D eigenvalue weighted by Gasteiger charge is 2.41. The van der Waals surface area contributed by atoms with Gasteiger partial charge < -0.3 is 29.9 Å². The number of carbonyl (C=O) groups is 2. The molecule has 1 amide bonds. The number of nitrogens with zero attached hydrogens (tertiary/aromatic N) is 4. The van der Waals surface area contributed by atoms with E-state index in [1.165, 1.54) is 30.8 Å². The Hall–Kier alpha value is -3.80. The summed E-state index contributed by atoms with van der Waals surface area (Å²) in [6.45, 7) is 8.09. The fourth-order valence-corrected chi connectivity index (χ4v) is 7.42. The number of aliphatic hydroxyl groups excluding tert-OH is 2. The van der Waals surface area contributed by atoms with Crippen LogP contribution in [0.1, 0.15) is 87.8 Å². The Balaban J connectivity index is 1.32. The number of hydrogen-bond acceptors (Lipinski definition) is 8. The molecule has 2 aromatic heterocycles. The van der Waals surface area contributed by atoms with Crippen molar-refractivity contribution in [2.45, 2.75) is 90.0 Å². The predicted octanol–water partition coefficient (Wildman–Crippen LogP) is 4.17. The van der Waals surface area contributed by atoms with Gasteiger partial charge in [-0.1, -0.05) is 20.3 Å². The number of likely N-dealkylation sites (tertiary alicyclic amines) is 2. The number of carbonyl (C=O) groups excluding carboxylic acids is 1. The molecule has 2 fully saturated rings. The molecule has 0 aliphatic carbocycles. The molecule has 5 heterocycles. The van der Waals surface area contributed by atoms with Gasteiger partial charge in [-0.2, -0.15) is 0 Å². The number of aromatic nitrogens is 2. The molecule has 0 radical (unpaired) electrons. The van der Waals surface area contributed by atoms with Gasteiger partial charge in [0.2, 0.25) is 0 Å². The Bertz CT molecular complexity index is 1710. The van der Waals surface area contributed by atoms with E-state index in [1.54, 1.807) is 36.1 Å². The van der Waals surface area contributed by atoms with Gasteiger partial charge in [0.05, 0.1) is 28.9 Å². The first-order valence-corrected chi connectivity index (χ1v) is 16.1. The van der Waals surface area contributed by atoms with E-state index >= 15 is 0 Å². The quantitative estimate of drug-likeness (QED) is 0.355. The summed E-state index contributed by atoms with van der Waals surface area (Å²) in [6.07, 6.45) is 4.57. The van der Waals surface area contributed by atoms with Crippen LogP contribution in [-0.2, 0) is 23.2 Å². The van der Waals surface area contributed by atoms with Crippen molar-refractivity contribution < 1.29 is 29.6 Å². The van der Waals surface area contributed by atoms with Gasteiger partial charge in [-0.15, -0.1) is 0 Å². The highest BCUT2D eigenvalue weighted by molar-refractivity contribution is 5.90. The maximum Gasteiger partial charge on any atom is 0.415 e. The number of aryl methyl sites for hydroxylation is 1. The number of ether oxygens (including phenoxy) is 1. The van der Waals surface area contributed by atoms with Gasteiger partial charge in [-0.25, -0.2) is 9.78 Å². The first kappa shape index (κ1) is 31.2. The third-order valence-electron chi connectivity index (χ3n) is 10.3. The number of amides is 1. The fraction of sp³-hybridized carbons (Fsp3) is 0.529.